The second-order valence-corrected chi connectivity index (χ2v) is 9.14. The lowest BCUT2D eigenvalue weighted by Gasteiger charge is -2.41. The van der Waals surface area contributed by atoms with Crippen molar-refractivity contribution in [2.45, 2.75) is 50.0 Å². The van der Waals surface area contributed by atoms with Crippen molar-refractivity contribution in [3.63, 3.8) is 0 Å². The fraction of sp³-hybridized carbons (Fsp3) is 0.688. The topological polar surface area (TPSA) is 67.1 Å². The molecular formula is C16H24BrN3OS. The van der Waals surface area contributed by atoms with Crippen LogP contribution in [0.15, 0.2) is 15.9 Å². The van der Waals surface area contributed by atoms with Crippen LogP contribution in [0.25, 0.3) is 0 Å². The first kappa shape index (κ1) is 16.3. The maximum atomic E-state index is 12.2. The molecule has 1 aromatic heterocycles. The highest BCUT2D eigenvalue weighted by Crippen LogP contribution is 2.46. The third-order valence-corrected chi connectivity index (χ3v) is 7.07. The van der Waals surface area contributed by atoms with Crippen molar-refractivity contribution in [1.82, 2.24) is 10.6 Å². The first-order chi connectivity index (χ1) is 10.6. The summed E-state index contributed by atoms with van der Waals surface area (Å²) in [5.74, 6) is 0.576. The molecule has 2 atom stereocenters. The minimum absolute atomic E-state index is 0.0235. The lowest BCUT2D eigenvalue weighted by molar-refractivity contribution is 0.214. The van der Waals surface area contributed by atoms with Crippen LogP contribution in [-0.2, 0) is 5.41 Å². The van der Waals surface area contributed by atoms with E-state index in [0.717, 1.165) is 36.1 Å². The molecule has 1 aromatic rings. The van der Waals surface area contributed by atoms with Crippen LogP contribution in [0.5, 0.6) is 0 Å². The number of hydrogen-bond donors (Lipinski definition) is 3. The molecule has 4 N–H and O–H groups in total. The Morgan fingerprint density at radius 2 is 2.23 bits per heavy atom. The Kier molecular flexibility index (Phi) is 5.10. The number of halogens is 1. The van der Waals surface area contributed by atoms with E-state index in [1.807, 2.05) is 0 Å². The standard InChI is InChI=1S/C16H24BrN3OS/c17-14-5-4-13(22-14)16(6-1-7-16)10-19-15(21)20-12-3-2-11(8-12)9-18/h4-5,11-12H,1-3,6-10,18H2,(H2,19,20,21). The minimum Gasteiger partial charge on any atom is -0.337 e. The number of urea groups is 1. The third kappa shape index (κ3) is 3.49. The fourth-order valence-electron chi connectivity index (χ4n) is 3.62. The van der Waals surface area contributed by atoms with Gasteiger partial charge in [-0.25, -0.2) is 4.79 Å². The van der Waals surface area contributed by atoms with Crippen LogP contribution in [0.3, 0.4) is 0 Å². The van der Waals surface area contributed by atoms with Crippen LogP contribution in [0, 0.1) is 5.92 Å². The smallest absolute Gasteiger partial charge is 0.315 e. The molecule has 2 unspecified atom stereocenters. The average Bonchev–Trinajstić information content (AvgIpc) is 3.07. The summed E-state index contributed by atoms with van der Waals surface area (Å²) in [6.45, 7) is 1.47. The quantitative estimate of drug-likeness (QED) is 0.727. The molecule has 2 fully saturated rings. The summed E-state index contributed by atoms with van der Waals surface area (Å²) >= 11 is 5.33. The van der Waals surface area contributed by atoms with Crippen molar-refractivity contribution < 1.29 is 4.79 Å². The van der Waals surface area contributed by atoms with Crippen LogP contribution in [0.1, 0.15) is 43.4 Å². The van der Waals surface area contributed by atoms with E-state index in [4.69, 9.17) is 5.73 Å². The normalized spacial score (nSPS) is 26.5. The van der Waals surface area contributed by atoms with E-state index >= 15 is 0 Å². The lowest BCUT2D eigenvalue weighted by atomic mass is 9.68. The van der Waals surface area contributed by atoms with Gasteiger partial charge >= 0.3 is 6.03 Å². The Balaban J connectivity index is 1.50. The van der Waals surface area contributed by atoms with Crippen molar-refractivity contribution in [3.05, 3.63) is 20.8 Å². The molecule has 0 aliphatic heterocycles. The molecule has 0 aromatic carbocycles. The van der Waals surface area contributed by atoms with Gasteiger partial charge in [-0.05, 0) is 72.6 Å². The van der Waals surface area contributed by atoms with Crippen molar-refractivity contribution in [2.24, 2.45) is 11.7 Å². The van der Waals surface area contributed by atoms with Gasteiger partial charge in [0.1, 0.15) is 0 Å². The monoisotopic (exact) mass is 385 g/mol. The van der Waals surface area contributed by atoms with E-state index in [9.17, 15) is 4.79 Å². The Morgan fingerprint density at radius 1 is 1.41 bits per heavy atom. The van der Waals surface area contributed by atoms with Gasteiger partial charge in [-0.1, -0.05) is 6.42 Å². The molecule has 1 heterocycles. The van der Waals surface area contributed by atoms with Gasteiger partial charge in [0.05, 0.1) is 3.79 Å². The number of rotatable bonds is 5. The molecule has 0 saturated heterocycles. The van der Waals surface area contributed by atoms with Crippen LogP contribution in [-0.4, -0.2) is 25.2 Å². The first-order valence-electron chi connectivity index (χ1n) is 8.11. The van der Waals surface area contributed by atoms with Crippen molar-refractivity contribution in [2.75, 3.05) is 13.1 Å². The highest BCUT2D eigenvalue weighted by molar-refractivity contribution is 9.11. The Labute approximate surface area is 144 Å². The summed E-state index contributed by atoms with van der Waals surface area (Å²) in [4.78, 5) is 13.5. The van der Waals surface area contributed by atoms with Gasteiger partial charge in [0.25, 0.3) is 0 Å². The van der Waals surface area contributed by atoms with E-state index < -0.39 is 0 Å². The van der Waals surface area contributed by atoms with E-state index in [0.29, 0.717) is 12.0 Å². The van der Waals surface area contributed by atoms with Gasteiger partial charge in [-0.2, -0.15) is 0 Å². The number of thiophene rings is 1. The molecule has 4 nitrogen and oxygen atoms in total. The molecule has 122 valence electrons. The van der Waals surface area contributed by atoms with Gasteiger partial charge in [-0.3, -0.25) is 0 Å². The molecular weight excluding hydrogens is 362 g/mol. The fourth-order valence-corrected chi connectivity index (χ4v) is 5.25. The van der Waals surface area contributed by atoms with Gasteiger partial charge in [0.15, 0.2) is 0 Å². The van der Waals surface area contributed by atoms with E-state index in [1.54, 1.807) is 11.3 Å². The molecule has 0 radical (unpaired) electrons. The number of carbonyl (C=O) groups excluding carboxylic acids is 1. The highest BCUT2D eigenvalue weighted by Gasteiger charge is 2.40. The predicted octanol–water partition coefficient (Wildman–Crippen LogP) is 3.36. The molecule has 2 aliphatic carbocycles. The highest BCUT2D eigenvalue weighted by atomic mass is 79.9. The molecule has 3 rings (SSSR count). The molecule has 2 saturated carbocycles. The zero-order chi connectivity index (χ0) is 15.6. The second kappa shape index (κ2) is 6.89. The lowest BCUT2D eigenvalue weighted by Crippen LogP contribution is -2.49. The summed E-state index contributed by atoms with van der Waals surface area (Å²) < 4.78 is 1.16. The first-order valence-corrected chi connectivity index (χ1v) is 9.72. The molecule has 22 heavy (non-hydrogen) atoms. The summed E-state index contributed by atoms with van der Waals surface area (Å²) in [5.41, 5.74) is 5.86. The molecule has 0 spiro atoms. The number of nitrogens with one attached hydrogen (secondary N) is 2. The van der Waals surface area contributed by atoms with E-state index in [2.05, 4.69) is 38.7 Å². The molecule has 2 amide bonds. The summed E-state index contributed by atoms with van der Waals surface area (Å²) in [6.07, 6.45) is 6.79. The van der Waals surface area contributed by atoms with Crippen LogP contribution >= 0.6 is 27.3 Å². The maximum absolute atomic E-state index is 12.2. The third-order valence-electron chi connectivity index (χ3n) is 5.20. The largest absolute Gasteiger partial charge is 0.337 e. The predicted molar refractivity (Wildman–Crippen MR) is 94.3 cm³/mol. The molecule has 0 bridgehead atoms. The van der Waals surface area contributed by atoms with Gasteiger partial charge in [-0.15, -0.1) is 11.3 Å². The number of carbonyl (C=O) groups is 1. The molecule has 2 aliphatic rings. The van der Waals surface area contributed by atoms with Crippen LogP contribution in [0.4, 0.5) is 4.79 Å². The van der Waals surface area contributed by atoms with Gasteiger partial charge in [0, 0.05) is 22.9 Å². The van der Waals surface area contributed by atoms with Crippen molar-refractivity contribution in [3.8, 4) is 0 Å². The van der Waals surface area contributed by atoms with Crippen LogP contribution < -0.4 is 16.4 Å². The second-order valence-electron chi connectivity index (χ2n) is 6.68. The zero-order valence-electron chi connectivity index (χ0n) is 12.7. The SMILES string of the molecule is NCC1CCC(NC(=O)NCC2(c3ccc(Br)s3)CCC2)C1. The van der Waals surface area contributed by atoms with Crippen LogP contribution in [0.2, 0.25) is 0 Å². The Morgan fingerprint density at radius 3 is 2.77 bits per heavy atom. The number of amides is 2. The van der Waals surface area contributed by atoms with E-state index in [-0.39, 0.29) is 11.4 Å². The van der Waals surface area contributed by atoms with Crippen molar-refractivity contribution in [1.29, 1.82) is 0 Å². The van der Waals surface area contributed by atoms with Crippen molar-refractivity contribution >= 4 is 33.3 Å². The van der Waals surface area contributed by atoms with Gasteiger partial charge < -0.3 is 16.4 Å². The number of nitrogens with two attached hydrogens (primary N) is 1. The Hall–Kier alpha value is -0.590. The minimum atomic E-state index is -0.0235. The zero-order valence-corrected chi connectivity index (χ0v) is 15.1. The number of hydrogen-bond acceptors (Lipinski definition) is 3. The Bertz CT molecular complexity index is 529. The summed E-state index contributed by atoms with van der Waals surface area (Å²) in [7, 11) is 0. The summed E-state index contributed by atoms with van der Waals surface area (Å²) in [5, 5.41) is 6.21. The average molecular weight is 386 g/mol. The molecule has 6 heteroatoms. The maximum Gasteiger partial charge on any atom is 0.315 e. The summed E-state index contributed by atoms with van der Waals surface area (Å²) in [6, 6.07) is 4.56. The van der Waals surface area contributed by atoms with Gasteiger partial charge in [0.2, 0.25) is 0 Å². The van der Waals surface area contributed by atoms with E-state index in [1.165, 1.54) is 24.1 Å².